The molecule has 0 spiro atoms. The van der Waals surface area contributed by atoms with E-state index in [9.17, 15) is 9.59 Å². The molecule has 0 unspecified atom stereocenters. The van der Waals surface area contributed by atoms with Crippen molar-refractivity contribution in [3.8, 4) is 0 Å². The van der Waals surface area contributed by atoms with Crippen LogP contribution in [-0.2, 0) is 9.59 Å². The Morgan fingerprint density at radius 1 is 1.44 bits per heavy atom. The van der Waals surface area contributed by atoms with E-state index in [2.05, 4.69) is 10.6 Å². The van der Waals surface area contributed by atoms with Crippen molar-refractivity contribution in [2.24, 2.45) is 5.73 Å². The van der Waals surface area contributed by atoms with Crippen LogP contribution < -0.4 is 16.4 Å². The Balaban J connectivity index is 1.97. The average molecular weight is 227 g/mol. The molecule has 0 aliphatic heterocycles. The Hall–Kier alpha value is -1.10. The fourth-order valence-electron chi connectivity index (χ4n) is 1.30. The number of carbonyl (C=O) groups is 2. The van der Waals surface area contributed by atoms with E-state index in [0.717, 1.165) is 12.8 Å². The molecule has 5 heteroatoms. The van der Waals surface area contributed by atoms with Crippen molar-refractivity contribution in [2.45, 2.75) is 51.1 Å². The predicted octanol–water partition coefficient (Wildman–Crippen LogP) is -0.101. The van der Waals surface area contributed by atoms with Gasteiger partial charge in [0.05, 0.1) is 6.04 Å². The van der Waals surface area contributed by atoms with Crippen LogP contribution in [0.15, 0.2) is 0 Å². The Bertz CT molecular complexity index is 252. The standard InChI is InChI=1S/C11H21N3O2/c1-2-9(12)11(16)13-7-3-4-10(15)14-8-5-6-8/h8-9H,2-7,12H2,1H3,(H,13,16)(H,14,15)/t9-/m0/s1. The summed E-state index contributed by atoms with van der Waals surface area (Å²) in [7, 11) is 0. The molecular weight excluding hydrogens is 206 g/mol. The van der Waals surface area contributed by atoms with Gasteiger partial charge in [-0.3, -0.25) is 9.59 Å². The highest BCUT2D eigenvalue weighted by molar-refractivity contribution is 5.81. The van der Waals surface area contributed by atoms with Crippen LogP contribution in [0, 0.1) is 0 Å². The molecule has 1 atom stereocenters. The van der Waals surface area contributed by atoms with Crippen molar-refractivity contribution in [1.29, 1.82) is 0 Å². The molecule has 0 aromatic heterocycles. The Morgan fingerprint density at radius 2 is 2.12 bits per heavy atom. The topological polar surface area (TPSA) is 84.2 Å². The third kappa shape index (κ3) is 5.11. The van der Waals surface area contributed by atoms with Gasteiger partial charge in [-0.25, -0.2) is 0 Å². The zero-order valence-corrected chi connectivity index (χ0v) is 9.79. The molecule has 0 saturated heterocycles. The summed E-state index contributed by atoms with van der Waals surface area (Å²) in [6.45, 7) is 2.39. The molecule has 0 heterocycles. The number of nitrogens with one attached hydrogen (secondary N) is 2. The number of nitrogens with two attached hydrogens (primary N) is 1. The van der Waals surface area contributed by atoms with E-state index in [0.29, 0.717) is 31.8 Å². The minimum absolute atomic E-state index is 0.0801. The van der Waals surface area contributed by atoms with Crippen molar-refractivity contribution in [3.05, 3.63) is 0 Å². The van der Waals surface area contributed by atoms with Gasteiger partial charge in [-0.1, -0.05) is 6.92 Å². The summed E-state index contributed by atoms with van der Waals surface area (Å²) >= 11 is 0. The molecular formula is C11H21N3O2. The first-order chi connectivity index (χ1) is 7.63. The number of amides is 2. The molecule has 0 aromatic rings. The summed E-state index contributed by atoms with van der Waals surface area (Å²) in [5, 5.41) is 5.61. The molecule has 2 amide bonds. The lowest BCUT2D eigenvalue weighted by atomic mass is 10.2. The third-order valence-corrected chi connectivity index (χ3v) is 2.60. The van der Waals surface area contributed by atoms with Crippen LogP contribution in [0.3, 0.4) is 0 Å². The van der Waals surface area contributed by atoms with E-state index in [4.69, 9.17) is 5.73 Å². The fraction of sp³-hybridized carbons (Fsp3) is 0.818. The average Bonchev–Trinajstić information content (AvgIpc) is 3.06. The summed E-state index contributed by atoms with van der Waals surface area (Å²) in [6, 6.07) is -0.0177. The van der Waals surface area contributed by atoms with Crippen LogP contribution in [0.4, 0.5) is 0 Å². The quantitative estimate of drug-likeness (QED) is 0.531. The van der Waals surface area contributed by atoms with Gasteiger partial charge in [0.2, 0.25) is 11.8 Å². The van der Waals surface area contributed by atoms with E-state index in [-0.39, 0.29) is 11.8 Å². The molecule has 92 valence electrons. The lowest BCUT2D eigenvalue weighted by Gasteiger charge is -2.09. The fourth-order valence-corrected chi connectivity index (χ4v) is 1.30. The van der Waals surface area contributed by atoms with Crippen molar-refractivity contribution in [1.82, 2.24) is 10.6 Å². The second-order valence-electron chi connectivity index (χ2n) is 4.25. The first kappa shape index (κ1) is 13.0. The van der Waals surface area contributed by atoms with Crippen LogP contribution >= 0.6 is 0 Å². The summed E-state index contributed by atoms with van der Waals surface area (Å²) in [4.78, 5) is 22.5. The van der Waals surface area contributed by atoms with Crippen LogP contribution in [0.5, 0.6) is 0 Å². The van der Waals surface area contributed by atoms with E-state index in [1.807, 2.05) is 6.92 Å². The molecule has 1 saturated carbocycles. The summed E-state index contributed by atoms with van der Waals surface area (Å²) in [6.07, 6.45) is 3.98. The van der Waals surface area contributed by atoms with Crippen molar-refractivity contribution in [2.75, 3.05) is 6.54 Å². The van der Waals surface area contributed by atoms with Crippen LogP contribution in [-0.4, -0.2) is 30.4 Å². The van der Waals surface area contributed by atoms with E-state index in [1.165, 1.54) is 0 Å². The Kier molecular flexibility index (Phi) is 5.25. The lowest BCUT2D eigenvalue weighted by molar-refractivity contribution is -0.123. The normalized spacial score (nSPS) is 16.6. The molecule has 5 nitrogen and oxygen atoms in total. The highest BCUT2D eigenvalue weighted by Gasteiger charge is 2.22. The molecule has 0 aromatic carbocycles. The van der Waals surface area contributed by atoms with Gasteiger partial charge in [0.1, 0.15) is 0 Å². The molecule has 4 N–H and O–H groups in total. The van der Waals surface area contributed by atoms with Gasteiger partial charge in [-0.2, -0.15) is 0 Å². The highest BCUT2D eigenvalue weighted by Crippen LogP contribution is 2.18. The van der Waals surface area contributed by atoms with Crippen molar-refractivity contribution >= 4 is 11.8 Å². The first-order valence-electron chi connectivity index (χ1n) is 5.96. The predicted molar refractivity (Wildman–Crippen MR) is 61.7 cm³/mol. The second-order valence-corrected chi connectivity index (χ2v) is 4.25. The number of hydrogen-bond acceptors (Lipinski definition) is 3. The zero-order chi connectivity index (χ0) is 12.0. The molecule has 16 heavy (non-hydrogen) atoms. The summed E-state index contributed by atoms with van der Waals surface area (Å²) in [5.74, 6) is -0.0540. The smallest absolute Gasteiger partial charge is 0.236 e. The molecule has 1 aliphatic carbocycles. The van der Waals surface area contributed by atoms with Gasteiger partial charge in [0, 0.05) is 19.0 Å². The highest BCUT2D eigenvalue weighted by atomic mass is 16.2. The summed E-state index contributed by atoms with van der Waals surface area (Å²) in [5.41, 5.74) is 5.54. The van der Waals surface area contributed by atoms with Gasteiger partial charge in [-0.05, 0) is 25.7 Å². The van der Waals surface area contributed by atoms with Crippen molar-refractivity contribution < 1.29 is 9.59 Å². The Morgan fingerprint density at radius 3 is 2.69 bits per heavy atom. The first-order valence-corrected chi connectivity index (χ1v) is 5.96. The maximum atomic E-state index is 11.3. The van der Waals surface area contributed by atoms with Gasteiger partial charge in [0.25, 0.3) is 0 Å². The number of hydrogen-bond donors (Lipinski definition) is 3. The van der Waals surface area contributed by atoms with Crippen molar-refractivity contribution in [3.63, 3.8) is 0 Å². The molecule has 1 rings (SSSR count). The van der Waals surface area contributed by atoms with E-state index >= 15 is 0 Å². The summed E-state index contributed by atoms with van der Waals surface area (Å²) < 4.78 is 0. The SMILES string of the molecule is CC[C@H](N)C(=O)NCCCC(=O)NC1CC1. The van der Waals surface area contributed by atoms with Gasteiger partial charge < -0.3 is 16.4 Å². The van der Waals surface area contributed by atoms with Gasteiger partial charge in [0.15, 0.2) is 0 Å². The van der Waals surface area contributed by atoms with Crippen LogP contribution in [0.2, 0.25) is 0 Å². The minimum atomic E-state index is -0.430. The maximum Gasteiger partial charge on any atom is 0.236 e. The third-order valence-electron chi connectivity index (χ3n) is 2.60. The zero-order valence-electron chi connectivity index (χ0n) is 9.79. The van der Waals surface area contributed by atoms with Crippen LogP contribution in [0.25, 0.3) is 0 Å². The largest absolute Gasteiger partial charge is 0.355 e. The molecule has 1 fully saturated rings. The van der Waals surface area contributed by atoms with E-state index in [1.54, 1.807) is 0 Å². The number of carbonyl (C=O) groups excluding carboxylic acids is 2. The molecule has 1 aliphatic rings. The molecule has 0 radical (unpaired) electrons. The maximum absolute atomic E-state index is 11.3. The second kappa shape index (κ2) is 6.48. The Labute approximate surface area is 96.1 Å². The van der Waals surface area contributed by atoms with Gasteiger partial charge in [-0.15, -0.1) is 0 Å². The lowest BCUT2D eigenvalue weighted by Crippen LogP contribution is -2.40. The minimum Gasteiger partial charge on any atom is -0.355 e. The monoisotopic (exact) mass is 227 g/mol. The van der Waals surface area contributed by atoms with Gasteiger partial charge >= 0.3 is 0 Å². The van der Waals surface area contributed by atoms with E-state index < -0.39 is 6.04 Å². The molecule has 0 bridgehead atoms. The number of rotatable bonds is 7. The van der Waals surface area contributed by atoms with Crippen LogP contribution in [0.1, 0.15) is 39.0 Å².